The molecule has 3 rings (SSSR count). The normalized spacial score (nSPS) is 59.8. The molecule has 0 aromatic heterocycles. The predicted octanol–water partition coefficient (Wildman–Crippen LogP) is 1.57. The van der Waals surface area contributed by atoms with Gasteiger partial charge in [-0.2, -0.15) is 0 Å². The minimum atomic E-state index is -0.176. The fraction of sp³-hybridized carbons (Fsp3) is 0.600. The van der Waals surface area contributed by atoms with Crippen molar-refractivity contribution in [3.05, 3.63) is 24.3 Å². The molecular weight excluding hydrogens is 172 g/mol. The molecule has 0 saturated heterocycles. The zero-order valence-electron chi connectivity index (χ0n) is 6.60. The lowest BCUT2D eigenvalue weighted by molar-refractivity contribution is 0.0422. The molecule has 0 aromatic carbocycles. The Morgan fingerprint density at radius 3 is 1.75 bits per heavy atom. The minimum Gasteiger partial charge on any atom is -0.392 e. The van der Waals surface area contributed by atoms with Gasteiger partial charge in [-0.1, -0.05) is 24.3 Å². The molecule has 2 heteroatoms. The van der Waals surface area contributed by atoms with Gasteiger partial charge in [0.1, 0.15) is 0 Å². The van der Waals surface area contributed by atoms with E-state index >= 15 is 0 Å². The first kappa shape index (κ1) is 7.16. The first-order chi connectivity index (χ1) is 5.79. The quantitative estimate of drug-likeness (QED) is 0.446. The topological polar surface area (TPSA) is 20.2 Å². The number of alkyl halides is 1. The standard InChI is InChI=1S/C10H11ClO/c11-9-5-1-2-6(9)8-4-3-7(5)10(8)12/h1-10,12H. The molecule has 12 heavy (non-hydrogen) atoms. The van der Waals surface area contributed by atoms with Gasteiger partial charge in [0.2, 0.25) is 0 Å². The third kappa shape index (κ3) is 0.652. The lowest BCUT2D eigenvalue weighted by Gasteiger charge is -2.36. The summed E-state index contributed by atoms with van der Waals surface area (Å²) in [6.45, 7) is 0. The summed E-state index contributed by atoms with van der Waals surface area (Å²) in [5, 5.41) is 10.1. The largest absolute Gasteiger partial charge is 0.392 e. The Balaban J connectivity index is 2.07. The number of hydrogen-bond acceptors (Lipinski definition) is 1. The van der Waals surface area contributed by atoms with Crippen molar-refractivity contribution < 1.29 is 5.11 Å². The molecule has 0 radical (unpaired) electrons. The number of aliphatic hydroxyl groups is 1. The molecular formula is C10H11ClO. The average molecular weight is 183 g/mol. The van der Waals surface area contributed by atoms with Gasteiger partial charge >= 0.3 is 0 Å². The van der Waals surface area contributed by atoms with Crippen LogP contribution in [0.15, 0.2) is 24.3 Å². The molecule has 0 amide bonds. The van der Waals surface area contributed by atoms with Crippen LogP contribution in [0.25, 0.3) is 0 Å². The highest BCUT2D eigenvalue weighted by Crippen LogP contribution is 2.51. The van der Waals surface area contributed by atoms with Crippen molar-refractivity contribution in [3.63, 3.8) is 0 Å². The van der Waals surface area contributed by atoms with Crippen LogP contribution >= 0.6 is 11.6 Å². The Morgan fingerprint density at radius 2 is 1.25 bits per heavy atom. The van der Waals surface area contributed by atoms with E-state index < -0.39 is 0 Å². The van der Waals surface area contributed by atoms with E-state index in [1.54, 1.807) is 0 Å². The molecule has 64 valence electrons. The van der Waals surface area contributed by atoms with Crippen LogP contribution in [0, 0.1) is 23.7 Å². The van der Waals surface area contributed by atoms with E-state index in [4.69, 9.17) is 11.6 Å². The van der Waals surface area contributed by atoms with E-state index in [1.807, 2.05) is 0 Å². The summed E-state index contributed by atoms with van der Waals surface area (Å²) in [5.74, 6) is 1.32. The van der Waals surface area contributed by atoms with Crippen LogP contribution in [-0.4, -0.2) is 16.6 Å². The van der Waals surface area contributed by atoms with Gasteiger partial charge in [-0.05, 0) is 0 Å². The molecule has 0 spiro atoms. The third-order valence-electron chi connectivity index (χ3n) is 3.52. The molecule has 0 aliphatic heterocycles. The summed E-state index contributed by atoms with van der Waals surface area (Å²) in [6.07, 6.45) is 8.46. The Morgan fingerprint density at radius 1 is 0.833 bits per heavy atom. The fourth-order valence-electron chi connectivity index (χ4n) is 2.86. The summed E-state index contributed by atoms with van der Waals surface area (Å²) in [5.41, 5.74) is 0. The van der Waals surface area contributed by atoms with Crippen LogP contribution in [-0.2, 0) is 0 Å². The van der Waals surface area contributed by atoms with Gasteiger partial charge < -0.3 is 5.11 Å². The fourth-order valence-corrected chi connectivity index (χ4v) is 3.36. The zero-order chi connectivity index (χ0) is 8.29. The summed E-state index contributed by atoms with van der Waals surface area (Å²) in [6, 6.07) is 0. The van der Waals surface area contributed by atoms with Crippen molar-refractivity contribution in [1.29, 1.82) is 0 Å². The zero-order valence-corrected chi connectivity index (χ0v) is 7.35. The van der Waals surface area contributed by atoms with Crippen LogP contribution < -0.4 is 0 Å². The highest BCUT2D eigenvalue weighted by atomic mass is 35.5. The molecule has 4 bridgehead atoms. The Kier molecular flexibility index (Phi) is 1.28. The van der Waals surface area contributed by atoms with Gasteiger partial charge in [-0.25, -0.2) is 0 Å². The van der Waals surface area contributed by atoms with Crippen molar-refractivity contribution in [1.82, 2.24) is 0 Å². The van der Waals surface area contributed by atoms with E-state index in [0.29, 0.717) is 11.8 Å². The van der Waals surface area contributed by atoms with Crippen molar-refractivity contribution in [2.45, 2.75) is 11.5 Å². The lowest BCUT2D eigenvalue weighted by Crippen LogP contribution is -2.41. The molecule has 1 N–H and O–H groups in total. The summed E-state index contributed by atoms with van der Waals surface area (Å²) in [7, 11) is 0. The Labute approximate surface area is 76.7 Å². The van der Waals surface area contributed by atoms with E-state index in [0.717, 1.165) is 0 Å². The average Bonchev–Trinajstić information content (AvgIpc) is 2.41. The van der Waals surface area contributed by atoms with Gasteiger partial charge in [-0.3, -0.25) is 0 Å². The van der Waals surface area contributed by atoms with Crippen molar-refractivity contribution in [2.24, 2.45) is 23.7 Å². The molecule has 4 unspecified atom stereocenters. The first-order valence-corrected chi connectivity index (χ1v) is 4.91. The minimum absolute atomic E-state index is 0.176. The molecule has 3 aliphatic rings. The molecule has 4 atom stereocenters. The monoisotopic (exact) mass is 182 g/mol. The molecule has 0 aromatic rings. The summed E-state index contributed by atoms with van der Waals surface area (Å²) in [4.78, 5) is 0. The molecule has 3 aliphatic carbocycles. The molecule has 1 saturated carbocycles. The number of hydrogen-bond donors (Lipinski definition) is 1. The van der Waals surface area contributed by atoms with E-state index in [1.165, 1.54) is 0 Å². The maximum Gasteiger partial charge on any atom is 0.0677 e. The van der Waals surface area contributed by atoms with Gasteiger partial charge in [0.05, 0.1) is 6.10 Å². The first-order valence-electron chi connectivity index (χ1n) is 4.48. The van der Waals surface area contributed by atoms with Crippen LogP contribution in [0.5, 0.6) is 0 Å². The third-order valence-corrected chi connectivity index (χ3v) is 4.11. The van der Waals surface area contributed by atoms with Crippen LogP contribution in [0.3, 0.4) is 0 Å². The van der Waals surface area contributed by atoms with Gasteiger partial charge in [0, 0.05) is 29.0 Å². The number of fused-ring (bicyclic) bond motifs is 6. The van der Waals surface area contributed by atoms with Crippen LogP contribution in [0.2, 0.25) is 0 Å². The predicted molar refractivity (Wildman–Crippen MR) is 47.9 cm³/mol. The van der Waals surface area contributed by atoms with Gasteiger partial charge in [-0.15, -0.1) is 11.6 Å². The van der Waals surface area contributed by atoms with E-state index in [-0.39, 0.29) is 23.3 Å². The van der Waals surface area contributed by atoms with E-state index in [9.17, 15) is 5.11 Å². The van der Waals surface area contributed by atoms with Crippen molar-refractivity contribution in [3.8, 4) is 0 Å². The summed E-state index contributed by atoms with van der Waals surface area (Å²) >= 11 is 6.26. The molecule has 1 fully saturated rings. The second-order valence-electron chi connectivity index (χ2n) is 4.01. The highest BCUT2D eigenvalue weighted by Gasteiger charge is 2.51. The number of rotatable bonds is 0. The van der Waals surface area contributed by atoms with Crippen LogP contribution in [0.1, 0.15) is 0 Å². The van der Waals surface area contributed by atoms with Crippen molar-refractivity contribution >= 4 is 11.6 Å². The smallest absolute Gasteiger partial charge is 0.0677 e. The van der Waals surface area contributed by atoms with Gasteiger partial charge in [0.25, 0.3) is 0 Å². The number of allylic oxidation sites excluding steroid dienone is 2. The van der Waals surface area contributed by atoms with E-state index in [2.05, 4.69) is 24.3 Å². The van der Waals surface area contributed by atoms with Crippen molar-refractivity contribution in [2.75, 3.05) is 0 Å². The Bertz CT molecular complexity index is 219. The molecule has 0 heterocycles. The maximum absolute atomic E-state index is 9.85. The second-order valence-corrected chi connectivity index (χ2v) is 4.52. The molecule has 1 nitrogen and oxygen atoms in total. The number of aliphatic hydroxyl groups excluding tert-OH is 1. The number of halogens is 1. The van der Waals surface area contributed by atoms with Crippen LogP contribution in [0.4, 0.5) is 0 Å². The van der Waals surface area contributed by atoms with Gasteiger partial charge in [0.15, 0.2) is 0 Å². The summed E-state index contributed by atoms with van der Waals surface area (Å²) < 4.78 is 0. The Hall–Kier alpha value is -0.270. The highest BCUT2D eigenvalue weighted by molar-refractivity contribution is 6.21. The lowest BCUT2D eigenvalue weighted by atomic mass is 9.75. The SMILES string of the molecule is OC1C2C=CC1C1C=CC2C1Cl. The second kappa shape index (κ2) is 2.15. The maximum atomic E-state index is 9.85.